The molecular formula is C14H21N3OS. The Labute approximate surface area is 118 Å². The van der Waals surface area contributed by atoms with Gasteiger partial charge in [-0.3, -0.25) is 9.69 Å². The Balaban J connectivity index is 1.85. The zero-order chi connectivity index (χ0) is 13.6. The topological polar surface area (TPSA) is 36.4 Å². The number of anilines is 1. The predicted octanol–water partition coefficient (Wildman–Crippen LogP) is 2.19. The maximum absolute atomic E-state index is 11.9. The summed E-state index contributed by atoms with van der Waals surface area (Å²) < 4.78 is 0. The van der Waals surface area contributed by atoms with Gasteiger partial charge in [0.2, 0.25) is 0 Å². The van der Waals surface area contributed by atoms with Crippen LogP contribution in [0.4, 0.5) is 5.13 Å². The highest BCUT2D eigenvalue weighted by Gasteiger charge is 2.33. The van der Waals surface area contributed by atoms with Crippen molar-refractivity contribution in [1.29, 1.82) is 0 Å². The number of rotatable bonds is 1. The molecule has 0 radical (unpaired) electrons. The number of carbonyl (C=O) groups is 1. The van der Waals surface area contributed by atoms with E-state index in [9.17, 15) is 4.79 Å². The van der Waals surface area contributed by atoms with Gasteiger partial charge in [0.1, 0.15) is 0 Å². The zero-order valence-corrected chi connectivity index (χ0v) is 12.7. The smallest absolute Gasteiger partial charge is 0.186 e. The number of Topliss-reactive ketones (excluding diaryl/α,β-unsaturated/α-hetero) is 1. The lowest BCUT2D eigenvalue weighted by Gasteiger charge is -2.45. The van der Waals surface area contributed by atoms with E-state index >= 15 is 0 Å². The van der Waals surface area contributed by atoms with Crippen LogP contribution in [0.25, 0.3) is 0 Å². The van der Waals surface area contributed by atoms with Crippen molar-refractivity contribution < 1.29 is 4.79 Å². The number of piperazine rings is 1. The fraction of sp³-hybridized carbons (Fsp3) is 0.714. The maximum atomic E-state index is 11.9. The van der Waals surface area contributed by atoms with E-state index in [0.29, 0.717) is 12.2 Å². The lowest BCUT2D eigenvalue weighted by molar-refractivity contribution is 0.0976. The average molecular weight is 279 g/mol. The van der Waals surface area contributed by atoms with Gasteiger partial charge in [-0.15, -0.1) is 0 Å². The van der Waals surface area contributed by atoms with E-state index in [1.54, 1.807) is 11.3 Å². The fourth-order valence-electron chi connectivity index (χ4n) is 2.80. The quantitative estimate of drug-likeness (QED) is 0.789. The van der Waals surface area contributed by atoms with Gasteiger partial charge < -0.3 is 4.90 Å². The van der Waals surface area contributed by atoms with Crippen LogP contribution in [0, 0.1) is 0 Å². The fourth-order valence-corrected chi connectivity index (χ4v) is 3.90. The Morgan fingerprint density at radius 2 is 2.05 bits per heavy atom. The van der Waals surface area contributed by atoms with Gasteiger partial charge in [-0.2, -0.15) is 0 Å². The van der Waals surface area contributed by atoms with Gasteiger partial charge in [-0.05, 0) is 33.7 Å². The first-order valence-electron chi connectivity index (χ1n) is 6.96. The van der Waals surface area contributed by atoms with E-state index in [1.807, 2.05) is 0 Å². The van der Waals surface area contributed by atoms with Gasteiger partial charge in [0.05, 0.1) is 10.6 Å². The molecule has 5 heteroatoms. The van der Waals surface area contributed by atoms with Crippen LogP contribution in [-0.4, -0.2) is 47.9 Å². The SMILES string of the molecule is CN1CCN(c2nc3c(s2)C(=O)CCC3)CC1(C)C. The lowest BCUT2D eigenvalue weighted by Crippen LogP contribution is -2.57. The highest BCUT2D eigenvalue weighted by Crippen LogP contribution is 2.33. The van der Waals surface area contributed by atoms with Crippen molar-refractivity contribution in [2.75, 3.05) is 31.6 Å². The molecule has 0 aromatic carbocycles. The second-order valence-corrected chi connectivity index (χ2v) is 7.18. The van der Waals surface area contributed by atoms with Gasteiger partial charge in [-0.1, -0.05) is 11.3 Å². The molecule has 1 fully saturated rings. The molecule has 1 aliphatic heterocycles. The zero-order valence-electron chi connectivity index (χ0n) is 11.9. The molecule has 0 atom stereocenters. The number of thiazole rings is 1. The summed E-state index contributed by atoms with van der Waals surface area (Å²) >= 11 is 1.60. The molecule has 3 rings (SSSR count). The minimum absolute atomic E-state index is 0.161. The Hall–Kier alpha value is -0.940. The first kappa shape index (κ1) is 13.1. The third-order valence-electron chi connectivity index (χ3n) is 4.34. The molecule has 104 valence electrons. The number of hydrogen-bond donors (Lipinski definition) is 0. The van der Waals surface area contributed by atoms with Crippen molar-refractivity contribution in [2.45, 2.75) is 38.6 Å². The standard InChI is InChI=1S/C14H21N3OS/c1-14(2)9-17(8-7-16(14)3)13-15-10-5-4-6-11(18)12(10)19-13/h4-9H2,1-3H3. The molecule has 1 aromatic heterocycles. The third kappa shape index (κ3) is 2.30. The van der Waals surface area contributed by atoms with E-state index in [4.69, 9.17) is 4.98 Å². The number of nitrogens with zero attached hydrogens (tertiary/aromatic N) is 3. The van der Waals surface area contributed by atoms with E-state index < -0.39 is 0 Å². The van der Waals surface area contributed by atoms with Crippen LogP contribution < -0.4 is 4.90 Å². The van der Waals surface area contributed by atoms with Crippen molar-refractivity contribution in [3.63, 3.8) is 0 Å². The maximum Gasteiger partial charge on any atom is 0.186 e. The molecule has 0 N–H and O–H groups in total. The Morgan fingerprint density at radius 1 is 1.26 bits per heavy atom. The van der Waals surface area contributed by atoms with Crippen LogP contribution in [-0.2, 0) is 6.42 Å². The summed E-state index contributed by atoms with van der Waals surface area (Å²) in [7, 11) is 2.17. The first-order valence-corrected chi connectivity index (χ1v) is 7.78. The molecule has 0 saturated carbocycles. The number of aryl methyl sites for hydroxylation is 1. The second kappa shape index (κ2) is 4.56. The van der Waals surface area contributed by atoms with Gasteiger partial charge in [-0.25, -0.2) is 4.98 Å². The van der Waals surface area contributed by atoms with E-state index in [1.165, 1.54) is 0 Å². The molecule has 1 saturated heterocycles. The van der Waals surface area contributed by atoms with E-state index in [-0.39, 0.29) is 5.54 Å². The number of hydrogen-bond acceptors (Lipinski definition) is 5. The molecule has 0 bridgehead atoms. The summed E-state index contributed by atoms with van der Waals surface area (Å²) in [5, 5.41) is 1.04. The first-order chi connectivity index (χ1) is 8.97. The van der Waals surface area contributed by atoms with Crippen LogP contribution in [0.2, 0.25) is 0 Å². The number of fused-ring (bicyclic) bond motifs is 1. The van der Waals surface area contributed by atoms with Crippen molar-refractivity contribution in [1.82, 2.24) is 9.88 Å². The Morgan fingerprint density at radius 3 is 2.74 bits per heavy atom. The highest BCUT2D eigenvalue weighted by atomic mass is 32.1. The molecule has 19 heavy (non-hydrogen) atoms. The molecule has 0 amide bonds. The van der Waals surface area contributed by atoms with Crippen LogP contribution in [0.3, 0.4) is 0 Å². The van der Waals surface area contributed by atoms with Gasteiger partial charge in [0.15, 0.2) is 10.9 Å². The molecule has 2 heterocycles. The number of aromatic nitrogens is 1. The van der Waals surface area contributed by atoms with Crippen molar-refractivity contribution in [2.24, 2.45) is 0 Å². The normalized spacial score (nSPS) is 23.5. The van der Waals surface area contributed by atoms with E-state index in [2.05, 4.69) is 30.7 Å². The Bertz CT molecular complexity index is 509. The van der Waals surface area contributed by atoms with Gasteiger partial charge in [0.25, 0.3) is 0 Å². The Kier molecular flexibility index (Phi) is 3.14. The third-order valence-corrected chi connectivity index (χ3v) is 5.54. The minimum Gasteiger partial charge on any atom is -0.345 e. The number of ketones is 1. The minimum atomic E-state index is 0.161. The monoisotopic (exact) mass is 279 g/mol. The van der Waals surface area contributed by atoms with Crippen LogP contribution in [0.15, 0.2) is 0 Å². The molecule has 0 unspecified atom stereocenters. The van der Waals surface area contributed by atoms with Crippen molar-refractivity contribution in [3.05, 3.63) is 10.6 Å². The van der Waals surface area contributed by atoms with Crippen molar-refractivity contribution in [3.8, 4) is 0 Å². The number of likely N-dealkylation sites (N-methyl/N-ethyl adjacent to an activating group) is 1. The summed E-state index contributed by atoms with van der Waals surface area (Å²) in [6, 6.07) is 0. The summed E-state index contributed by atoms with van der Waals surface area (Å²) in [6.07, 6.45) is 2.63. The molecule has 4 nitrogen and oxygen atoms in total. The summed E-state index contributed by atoms with van der Waals surface area (Å²) in [6.45, 7) is 7.55. The molecule has 1 aromatic rings. The predicted molar refractivity (Wildman–Crippen MR) is 78.3 cm³/mol. The van der Waals surface area contributed by atoms with E-state index in [0.717, 1.165) is 48.2 Å². The van der Waals surface area contributed by atoms with Crippen LogP contribution in [0.1, 0.15) is 42.1 Å². The summed E-state index contributed by atoms with van der Waals surface area (Å²) in [5.74, 6) is 0.290. The molecular weight excluding hydrogens is 258 g/mol. The average Bonchev–Trinajstić information content (AvgIpc) is 2.78. The largest absolute Gasteiger partial charge is 0.345 e. The molecule has 0 spiro atoms. The molecule has 2 aliphatic rings. The van der Waals surface area contributed by atoms with Gasteiger partial charge in [0, 0.05) is 31.6 Å². The van der Waals surface area contributed by atoms with Crippen molar-refractivity contribution >= 4 is 22.3 Å². The van der Waals surface area contributed by atoms with Crippen LogP contribution in [0.5, 0.6) is 0 Å². The highest BCUT2D eigenvalue weighted by molar-refractivity contribution is 7.17. The molecule has 1 aliphatic carbocycles. The summed E-state index contributed by atoms with van der Waals surface area (Å²) in [4.78, 5) is 22.3. The summed E-state index contributed by atoms with van der Waals surface area (Å²) in [5.41, 5.74) is 1.20. The second-order valence-electron chi connectivity index (χ2n) is 6.20. The number of carbonyl (C=O) groups excluding carboxylic acids is 1. The van der Waals surface area contributed by atoms with Crippen LogP contribution >= 0.6 is 11.3 Å². The lowest BCUT2D eigenvalue weighted by atomic mass is 10.0. The van der Waals surface area contributed by atoms with Gasteiger partial charge >= 0.3 is 0 Å².